The molecular formula is C16H15NO3. The molecule has 0 heterocycles. The van der Waals surface area contributed by atoms with Crippen molar-refractivity contribution < 1.29 is 14.7 Å². The molecule has 102 valence electrons. The van der Waals surface area contributed by atoms with E-state index in [9.17, 15) is 14.7 Å². The summed E-state index contributed by atoms with van der Waals surface area (Å²) < 4.78 is 0. The average Bonchev–Trinajstić information content (AvgIpc) is 2.46. The van der Waals surface area contributed by atoms with Crippen LogP contribution in [-0.4, -0.2) is 17.0 Å². The Bertz CT molecular complexity index is 663. The van der Waals surface area contributed by atoms with E-state index >= 15 is 0 Å². The Morgan fingerprint density at radius 3 is 2.25 bits per heavy atom. The van der Waals surface area contributed by atoms with Gasteiger partial charge in [0.1, 0.15) is 0 Å². The average molecular weight is 269 g/mol. The lowest BCUT2D eigenvalue weighted by Crippen LogP contribution is -2.18. The van der Waals surface area contributed by atoms with Gasteiger partial charge in [0.2, 0.25) is 5.91 Å². The van der Waals surface area contributed by atoms with Crippen LogP contribution >= 0.6 is 0 Å². The van der Waals surface area contributed by atoms with E-state index in [1.54, 1.807) is 6.07 Å². The van der Waals surface area contributed by atoms with E-state index in [1.165, 1.54) is 6.07 Å². The molecule has 0 radical (unpaired) electrons. The molecule has 1 amide bonds. The standard InChI is InChI=1S/C16H15NO3/c1-2-10-8-9-12(15(17)18)14(16(19)20)13(10)11-6-4-3-5-7-11/h3-9H,2H2,1H3,(H2,17,18)(H,19,20). The Morgan fingerprint density at radius 1 is 1.10 bits per heavy atom. The second kappa shape index (κ2) is 5.57. The van der Waals surface area contributed by atoms with Crippen molar-refractivity contribution in [2.45, 2.75) is 13.3 Å². The molecule has 2 aromatic rings. The summed E-state index contributed by atoms with van der Waals surface area (Å²) in [5.41, 5.74) is 7.51. The van der Waals surface area contributed by atoms with Gasteiger partial charge in [-0.3, -0.25) is 4.79 Å². The summed E-state index contributed by atoms with van der Waals surface area (Å²) in [5.74, 6) is -1.88. The molecule has 0 spiro atoms. The second-order valence-electron chi connectivity index (χ2n) is 4.41. The number of carboxylic acids is 1. The van der Waals surface area contributed by atoms with Crippen molar-refractivity contribution in [3.8, 4) is 11.1 Å². The molecule has 0 saturated heterocycles. The number of amides is 1. The summed E-state index contributed by atoms with van der Waals surface area (Å²) in [6, 6.07) is 12.4. The number of nitrogens with two attached hydrogens (primary N) is 1. The van der Waals surface area contributed by atoms with Crippen LogP contribution in [0.25, 0.3) is 11.1 Å². The molecule has 4 nitrogen and oxygen atoms in total. The van der Waals surface area contributed by atoms with Crippen molar-refractivity contribution in [3.05, 3.63) is 59.2 Å². The third-order valence-electron chi connectivity index (χ3n) is 3.21. The molecule has 0 aliphatic rings. The number of primary amides is 1. The topological polar surface area (TPSA) is 80.4 Å². The van der Waals surface area contributed by atoms with Gasteiger partial charge < -0.3 is 10.8 Å². The molecule has 0 unspecified atom stereocenters. The molecule has 20 heavy (non-hydrogen) atoms. The fourth-order valence-electron chi connectivity index (χ4n) is 2.30. The zero-order chi connectivity index (χ0) is 14.7. The summed E-state index contributed by atoms with van der Waals surface area (Å²) in [6.45, 7) is 1.94. The Hall–Kier alpha value is -2.62. The monoisotopic (exact) mass is 269 g/mol. The number of carbonyl (C=O) groups excluding carboxylic acids is 1. The lowest BCUT2D eigenvalue weighted by molar-refractivity contribution is 0.0693. The first-order valence-corrected chi connectivity index (χ1v) is 6.30. The molecule has 0 fully saturated rings. The molecule has 0 aliphatic heterocycles. The van der Waals surface area contributed by atoms with Crippen molar-refractivity contribution >= 4 is 11.9 Å². The Balaban J connectivity index is 2.85. The number of benzene rings is 2. The van der Waals surface area contributed by atoms with E-state index in [1.807, 2.05) is 37.3 Å². The third-order valence-corrected chi connectivity index (χ3v) is 3.21. The first kappa shape index (κ1) is 13.8. The molecule has 0 aromatic heterocycles. The van der Waals surface area contributed by atoms with Gasteiger partial charge in [0, 0.05) is 5.56 Å². The molecular weight excluding hydrogens is 254 g/mol. The maximum atomic E-state index is 11.6. The molecule has 2 aromatic carbocycles. The van der Waals surface area contributed by atoms with Gasteiger partial charge in [-0.25, -0.2) is 4.79 Å². The Kier molecular flexibility index (Phi) is 3.84. The number of hydrogen-bond acceptors (Lipinski definition) is 2. The molecule has 3 N–H and O–H groups in total. The van der Waals surface area contributed by atoms with Crippen LogP contribution in [0.1, 0.15) is 33.2 Å². The lowest BCUT2D eigenvalue weighted by Gasteiger charge is -2.14. The quantitative estimate of drug-likeness (QED) is 0.895. The largest absolute Gasteiger partial charge is 0.478 e. The highest BCUT2D eigenvalue weighted by Gasteiger charge is 2.22. The smallest absolute Gasteiger partial charge is 0.337 e. The van der Waals surface area contributed by atoms with E-state index in [0.29, 0.717) is 12.0 Å². The summed E-state index contributed by atoms with van der Waals surface area (Å²) in [4.78, 5) is 23.0. The number of carbonyl (C=O) groups is 2. The van der Waals surface area contributed by atoms with E-state index < -0.39 is 11.9 Å². The van der Waals surface area contributed by atoms with Gasteiger partial charge in [0.25, 0.3) is 0 Å². The van der Waals surface area contributed by atoms with Crippen LogP contribution in [0.3, 0.4) is 0 Å². The number of aromatic carboxylic acids is 1. The van der Waals surface area contributed by atoms with E-state index in [2.05, 4.69) is 0 Å². The van der Waals surface area contributed by atoms with Crippen LogP contribution < -0.4 is 5.73 Å². The first-order valence-electron chi connectivity index (χ1n) is 6.30. The third kappa shape index (κ3) is 2.40. The van der Waals surface area contributed by atoms with Crippen molar-refractivity contribution in [2.75, 3.05) is 0 Å². The van der Waals surface area contributed by atoms with Gasteiger partial charge in [0.15, 0.2) is 0 Å². The highest BCUT2D eigenvalue weighted by Crippen LogP contribution is 2.30. The maximum absolute atomic E-state index is 11.6. The summed E-state index contributed by atoms with van der Waals surface area (Å²) >= 11 is 0. The summed E-state index contributed by atoms with van der Waals surface area (Å²) in [7, 11) is 0. The number of aryl methyl sites for hydroxylation is 1. The molecule has 4 heteroatoms. The van der Waals surface area contributed by atoms with Crippen LogP contribution in [0.2, 0.25) is 0 Å². The number of carboxylic acid groups (broad SMARTS) is 1. The second-order valence-corrected chi connectivity index (χ2v) is 4.41. The van der Waals surface area contributed by atoms with Gasteiger partial charge in [-0.2, -0.15) is 0 Å². The fourth-order valence-corrected chi connectivity index (χ4v) is 2.30. The van der Waals surface area contributed by atoms with Gasteiger partial charge >= 0.3 is 5.97 Å². The maximum Gasteiger partial charge on any atom is 0.337 e. The lowest BCUT2D eigenvalue weighted by atomic mass is 9.89. The summed E-state index contributed by atoms with van der Waals surface area (Å²) in [6.07, 6.45) is 0.670. The van der Waals surface area contributed by atoms with E-state index in [0.717, 1.165) is 11.1 Å². The van der Waals surface area contributed by atoms with Crippen molar-refractivity contribution in [2.24, 2.45) is 5.73 Å². The van der Waals surface area contributed by atoms with Crippen LogP contribution in [0, 0.1) is 0 Å². The van der Waals surface area contributed by atoms with Gasteiger partial charge in [-0.05, 0) is 23.6 Å². The van der Waals surface area contributed by atoms with Crippen LogP contribution in [0.15, 0.2) is 42.5 Å². The molecule has 0 atom stereocenters. The summed E-state index contributed by atoms with van der Waals surface area (Å²) in [5, 5.41) is 9.47. The molecule has 0 bridgehead atoms. The number of hydrogen-bond donors (Lipinski definition) is 2. The van der Waals surface area contributed by atoms with Gasteiger partial charge in [0.05, 0.1) is 11.1 Å². The predicted octanol–water partition coefficient (Wildman–Crippen LogP) is 2.71. The minimum atomic E-state index is -1.15. The minimum Gasteiger partial charge on any atom is -0.478 e. The first-order chi connectivity index (χ1) is 9.56. The van der Waals surface area contributed by atoms with Crippen molar-refractivity contribution in [1.82, 2.24) is 0 Å². The zero-order valence-electron chi connectivity index (χ0n) is 11.1. The Labute approximate surface area is 116 Å². The van der Waals surface area contributed by atoms with Crippen molar-refractivity contribution in [3.63, 3.8) is 0 Å². The van der Waals surface area contributed by atoms with Gasteiger partial charge in [-0.15, -0.1) is 0 Å². The van der Waals surface area contributed by atoms with Crippen LogP contribution in [0.4, 0.5) is 0 Å². The van der Waals surface area contributed by atoms with E-state index in [4.69, 9.17) is 5.73 Å². The fraction of sp³-hybridized carbons (Fsp3) is 0.125. The zero-order valence-corrected chi connectivity index (χ0v) is 11.1. The highest BCUT2D eigenvalue weighted by molar-refractivity contribution is 6.09. The Morgan fingerprint density at radius 2 is 1.75 bits per heavy atom. The van der Waals surface area contributed by atoms with Crippen molar-refractivity contribution in [1.29, 1.82) is 0 Å². The normalized spacial score (nSPS) is 10.2. The highest BCUT2D eigenvalue weighted by atomic mass is 16.4. The van der Waals surface area contributed by atoms with Gasteiger partial charge in [-0.1, -0.05) is 43.3 Å². The van der Waals surface area contributed by atoms with Crippen LogP contribution in [0.5, 0.6) is 0 Å². The number of rotatable bonds is 4. The molecule has 0 saturated carbocycles. The minimum absolute atomic E-state index is 0.0250. The molecule has 0 aliphatic carbocycles. The van der Waals surface area contributed by atoms with Crippen LogP contribution in [-0.2, 0) is 6.42 Å². The SMILES string of the molecule is CCc1ccc(C(N)=O)c(C(=O)O)c1-c1ccccc1. The van der Waals surface area contributed by atoms with E-state index in [-0.39, 0.29) is 11.1 Å². The predicted molar refractivity (Wildman–Crippen MR) is 76.7 cm³/mol. The molecule has 2 rings (SSSR count).